The van der Waals surface area contributed by atoms with Gasteiger partial charge in [-0.05, 0) is 67.1 Å². The van der Waals surface area contributed by atoms with E-state index in [4.69, 9.17) is 5.73 Å². The first-order valence-electron chi connectivity index (χ1n) is 11.6. The van der Waals surface area contributed by atoms with Gasteiger partial charge in [-0.15, -0.1) is 0 Å². The fraction of sp³-hybridized carbons (Fsp3) is 0.0714. The molecule has 5 rings (SSSR count). The molecule has 0 aliphatic heterocycles. The summed E-state index contributed by atoms with van der Waals surface area (Å²) in [5, 5.41) is 5.96. The maximum atomic E-state index is 14.1. The molecule has 4 N–H and O–H groups in total. The third-order valence-electron chi connectivity index (χ3n) is 5.82. The molecule has 38 heavy (non-hydrogen) atoms. The first-order chi connectivity index (χ1) is 18.3. The molecule has 0 aliphatic carbocycles. The molecule has 0 spiro atoms. The number of fused-ring (bicyclic) bond motifs is 1. The van der Waals surface area contributed by atoms with Crippen molar-refractivity contribution >= 4 is 39.8 Å². The van der Waals surface area contributed by atoms with Crippen LogP contribution in [-0.4, -0.2) is 20.9 Å². The highest BCUT2D eigenvalue weighted by Gasteiger charge is 2.17. The summed E-state index contributed by atoms with van der Waals surface area (Å²) >= 11 is 0. The number of nitrogens with two attached hydrogens (primary N) is 1. The normalized spacial score (nSPS) is 10.9. The van der Waals surface area contributed by atoms with Crippen LogP contribution >= 0.6 is 0 Å². The maximum absolute atomic E-state index is 14.1. The largest absolute Gasteiger partial charge is 0.368 e. The molecule has 2 aromatic heterocycles. The van der Waals surface area contributed by atoms with Gasteiger partial charge in [0.15, 0.2) is 17.5 Å². The summed E-state index contributed by atoms with van der Waals surface area (Å²) in [4.78, 5) is 24.8. The van der Waals surface area contributed by atoms with Crippen LogP contribution in [0.25, 0.3) is 10.9 Å². The maximum Gasteiger partial charge on any atom is 0.255 e. The van der Waals surface area contributed by atoms with E-state index in [2.05, 4.69) is 25.6 Å². The first-order valence-corrected chi connectivity index (χ1v) is 11.6. The van der Waals surface area contributed by atoms with Gasteiger partial charge in [0.25, 0.3) is 5.91 Å². The number of halogens is 3. The lowest BCUT2D eigenvalue weighted by Gasteiger charge is -2.11. The summed E-state index contributed by atoms with van der Waals surface area (Å²) in [6.45, 7) is 1.86. The van der Waals surface area contributed by atoms with Crippen LogP contribution < -0.4 is 16.4 Å². The van der Waals surface area contributed by atoms with Crippen molar-refractivity contribution in [1.82, 2.24) is 15.0 Å². The van der Waals surface area contributed by atoms with Crippen LogP contribution in [0, 0.1) is 24.4 Å². The fourth-order valence-corrected chi connectivity index (χ4v) is 4.03. The molecule has 1 amide bonds. The minimum atomic E-state index is -1.57. The summed E-state index contributed by atoms with van der Waals surface area (Å²) in [7, 11) is 0. The van der Waals surface area contributed by atoms with Crippen molar-refractivity contribution in [3.8, 4) is 0 Å². The minimum Gasteiger partial charge on any atom is -0.368 e. The van der Waals surface area contributed by atoms with Gasteiger partial charge in [0.1, 0.15) is 5.52 Å². The molecule has 0 unspecified atom stereocenters. The molecule has 10 heteroatoms. The summed E-state index contributed by atoms with van der Waals surface area (Å²) in [5.74, 6) is -4.30. The molecule has 0 atom stereocenters. The first kappa shape index (κ1) is 24.7. The molecular formula is C28H21F3N6O. The van der Waals surface area contributed by atoms with Crippen LogP contribution in [0.1, 0.15) is 27.3 Å². The molecule has 0 radical (unpaired) electrons. The van der Waals surface area contributed by atoms with Crippen LogP contribution in [0.15, 0.2) is 72.9 Å². The number of nitrogen functional groups attached to an aromatic ring is 1. The van der Waals surface area contributed by atoms with E-state index >= 15 is 0 Å². The van der Waals surface area contributed by atoms with Gasteiger partial charge < -0.3 is 16.4 Å². The van der Waals surface area contributed by atoms with Crippen LogP contribution in [0.3, 0.4) is 0 Å². The molecular weight excluding hydrogens is 493 g/mol. The number of carbonyl (C=O) groups is 1. The highest BCUT2D eigenvalue weighted by molar-refractivity contribution is 6.04. The Kier molecular flexibility index (Phi) is 6.61. The second-order valence-corrected chi connectivity index (χ2v) is 8.63. The zero-order chi connectivity index (χ0) is 26.8. The average Bonchev–Trinajstić information content (AvgIpc) is 2.89. The number of aryl methyl sites for hydroxylation is 1. The number of anilines is 4. The third-order valence-corrected chi connectivity index (χ3v) is 5.82. The zero-order valence-corrected chi connectivity index (χ0v) is 20.1. The highest BCUT2D eigenvalue weighted by atomic mass is 19.2. The van der Waals surface area contributed by atoms with Gasteiger partial charge in [0, 0.05) is 46.3 Å². The van der Waals surface area contributed by atoms with Gasteiger partial charge in [0.05, 0.1) is 5.69 Å². The van der Waals surface area contributed by atoms with Crippen molar-refractivity contribution in [3.63, 3.8) is 0 Å². The van der Waals surface area contributed by atoms with E-state index in [9.17, 15) is 18.0 Å². The van der Waals surface area contributed by atoms with E-state index in [1.165, 1.54) is 12.3 Å². The molecule has 2 heterocycles. The number of nitrogens with one attached hydrogen (secondary N) is 2. The summed E-state index contributed by atoms with van der Waals surface area (Å²) in [5.41, 5.74) is 9.97. The molecule has 0 bridgehead atoms. The smallest absolute Gasteiger partial charge is 0.255 e. The van der Waals surface area contributed by atoms with Crippen LogP contribution in [0.4, 0.5) is 36.2 Å². The molecule has 0 saturated heterocycles. The van der Waals surface area contributed by atoms with Crippen LogP contribution in [0.2, 0.25) is 0 Å². The molecule has 190 valence electrons. The second kappa shape index (κ2) is 10.2. The van der Waals surface area contributed by atoms with Crippen molar-refractivity contribution in [3.05, 3.63) is 113 Å². The van der Waals surface area contributed by atoms with E-state index in [-0.39, 0.29) is 22.8 Å². The van der Waals surface area contributed by atoms with Crippen molar-refractivity contribution in [2.24, 2.45) is 0 Å². The Morgan fingerprint density at radius 3 is 2.32 bits per heavy atom. The Morgan fingerprint density at radius 2 is 1.61 bits per heavy atom. The summed E-state index contributed by atoms with van der Waals surface area (Å²) < 4.78 is 41.4. The van der Waals surface area contributed by atoms with E-state index in [0.29, 0.717) is 29.0 Å². The minimum absolute atomic E-state index is 0.0903. The summed E-state index contributed by atoms with van der Waals surface area (Å²) in [6.07, 6.45) is 1.87. The van der Waals surface area contributed by atoms with E-state index in [1.807, 2.05) is 25.1 Å². The highest BCUT2D eigenvalue weighted by Crippen LogP contribution is 2.29. The van der Waals surface area contributed by atoms with Gasteiger partial charge in [-0.3, -0.25) is 9.78 Å². The Labute approximate surface area is 215 Å². The number of aromatic nitrogens is 3. The van der Waals surface area contributed by atoms with E-state index in [0.717, 1.165) is 23.0 Å². The van der Waals surface area contributed by atoms with E-state index in [1.54, 1.807) is 36.4 Å². The second-order valence-electron chi connectivity index (χ2n) is 8.63. The third kappa shape index (κ3) is 5.24. The molecule has 5 aromatic rings. The number of carbonyl (C=O) groups excluding carboxylic acids is 1. The number of rotatable bonds is 6. The Balaban J connectivity index is 1.25. The standard InChI is InChI=1S/C28H21F3N6O/c1-15-12-20(37-28(32)34-15)13-16-2-6-19(7-3-16)36-27(38)17-4-8-18(9-5-17)35-23-10-11-33-26-21(23)14-22(29)24(30)25(26)31/h2-12,14H,13H2,1H3,(H,33,35)(H,36,38)(H2,32,34,37). The Morgan fingerprint density at radius 1 is 0.895 bits per heavy atom. The van der Waals surface area contributed by atoms with Gasteiger partial charge in [-0.1, -0.05) is 12.1 Å². The summed E-state index contributed by atoms with van der Waals surface area (Å²) in [6, 6.07) is 18.2. The fourth-order valence-electron chi connectivity index (χ4n) is 4.03. The van der Waals surface area contributed by atoms with Crippen LogP contribution in [-0.2, 0) is 6.42 Å². The van der Waals surface area contributed by atoms with Gasteiger partial charge in [0.2, 0.25) is 5.95 Å². The van der Waals surface area contributed by atoms with Gasteiger partial charge in [-0.2, -0.15) is 0 Å². The van der Waals surface area contributed by atoms with Gasteiger partial charge >= 0.3 is 0 Å². The molecule has 0 aliphatic rings. The number of pyridine rings is 1. The average molecular weight is 515 g/mol. The number of hydrogen-bond acceptors (Lipinski definition) is 6. The lowest BCUT2D eigenvalue weighted by atomic mass is 10.1. The topological polar surface area (TPSA) is 106 Å². The van der Waals surface area contributed by atoms with Crippen molar-refractivity contribution < 1.29 is 18.0 Å². The number of hydrogen-bond donors (Lipinski definition) is 3. The van der Waals surface area contributed by atoms with E-state index < -0.39 is 17.5 Å². The SMILES string of the molecule is Cc1cc(Cc2ccc(NC(=O)c3ccc(Nc4ccnc5c(F)c(F)c(F)cc45)cc3)cc2)nc(N)n1. The molecule has 3 aromatic carbocycles. The lowest BCUT2D eigenvalue weighted by Crippen LogP contribution is -2.11. The number of amides is 1. The zero-order valence-electron chi connectivity index (χ0n) is 20.1. The van der Waals surface area contributed by atoms with Crippen molar-refractivity contribution in [2.45, 2.75) is 13.3 Å². The number of nitrogens with zero attached hydrogens (tertiary/aromatic N) is 3. The number of benzene rings is 3. The monoisotopic (exact) mass is 514 g/mol. The van der Waals surface area contributed by atoms with Gasteiger partial charge in [-0.25, -0.2) is 23.1 Å². The Bertz CT molecular complexity index is 1640. The lowest BCUT2D eigenvalue weighted by molar-refractivity contribution is 0.102. The predicted molar refractivity (Wildman–Crippen MR) is 140 cm³/mol. The quantitative estimate of drug-likeness (QED) is 0.243. The van der Waals surface area contributed by atoms with Crippen LogP contribution in [0.5, 0.6) is 0 Å². The molecule has 0 saturated carbocycles. The van der Waals surface area contributed by atoms with Crippen molar-refractivity contribution in [1.29, 1.82) is 0 Å². The Hall–Kier alpha value is -4.99. The molecule has 7 nitrogen and oxygen atoms in total. The molecule has 0 fully saturated rings. The van der Waals surface area contributed by atoms with Crippen molar-refractivity contribution in [2.75, 3.05) is 16.4 Å². The predicted octanol–water partition coefficient (Wildman–Crippen LogP) is 5.92.